The molecule has 0 aliphatic heterocycles. The van der Waals surface area contributed by atoms with E-state index in [0.717, 1.165) is 0 Å². The van der Waals surface area contributed by atoms with E-state index in [1.807, 2.05) is 0 Å². The predicted molar refractivity (Wildman–Crippen MR) is 80.8 cm³/mol. The summed E-state index contributed by atoms with van der Waals surface area (Å²) in [6.07, 6.45) is 0. The quantitative estimate of drug-likeness (QED) is 0.849. The summed E-state index contributed by atoms with van der Waals surface area (Å²) in [6.45, 7) is 0. The molecule has 20 heavy (non-hydrogen) atoms. The van der Waals surface area contributed by atoms with E-state index in [9.17, 15) is 4.79 Å². The topological polar surface area (TPSA) is 64.4 Å². The maximum atomic E-state index is 11.8. The molecular formula is C14H12Cl2N2O2. The second-order valence-electron chi connectivity index (χ2n) is 3.99. The molecule has 0 saturated heterocycles. The first-order valence-electron chi connectivity index (χ1n) is 5.76. The Labute approximate surface area is 126 Å². The molecule has 0 atom stereocenters. The van der Waals surface area contributed by atoms with Gasteiger partial charge in [-0.2, -0.15) is 0 Å². The van der Waals surface area contributed by atoms with Gasteiger partial charge in [-0.25, -0.2) is 0 Å². The Hall–Kier alpha value is -1.91. The van der Waals surface area contributed by atoms with Crippen LogP contribution in [0.1, 0.15) is 10.4 Å². The van der Waals surface area contributed by atoms with Crippen molar-refractivity contribution in [2.24, 2.45) is 0 Å². The molecular weight excluding hydrogens is 299 g/mol. The second-order valence-corrected chi connectivity index (χ2v) is 4.77. The van der Waals surface area contributed by atoms with Crippen LogP contribution in [-0.2, 0) is 0 Å². The first-order chi connectivity index (χ1) is 9.52. The van der Waals surface area contributed by atoms with Gasteiger partial charge in [0.25, 0.3) is 5.91 Å². The minimum Gasteiger partial charge on any atom is -0.455 e. The molecule has 0 bridgehead atoms. The Morgan fingerprint density at radius 1 is 1.20 bits per heavy atom. The normalized spacial score (nSPS) is 10.2. The van der Waals surface area contributed by atoms with E-state index in [2.05, 4.69) is 5.32 Å². The number of hydrogen-bond donors (Lipinski definition) is 2. The van der Waals surface area contributed by atoms with E-state index in [1.54, 1.807) is 36.4 Å². The number of benzene rings is 2. The number of nitrogens with two attached hydrogens (primary N) is 1. The number of carbonyl (C=O) groups excluding carboxylic acids is 1. The highest BCUT2D eigenvalue weighted by molar-refractivity contribution is 6.42. The average Bonchev–Trinajstić information content (AvgIpc) is 2.43. The number of hydrogen-bond acceptors (Lipinski definition) is 3. The predicted octanol–water partition coefficient (Wildman–Crippen LogP) is 3.73. The number of carbonyl (C=O) groups is 1. The van der Waals surface area contributed by atoms with Gasteiger partial charge in [0, 0.05) is 18.8 Å². The van der Waals surface area contributed by atoms with Crippen LogP contribution in [0.5, 0.6) is 11.5 Å². The van der Waals surface area contributed by atoms with E-state index in [0.29, 0.717) is 27.8 Å². The summed E-state index contributed by atoms with van der Waals surface area (Å²) in [5.74, 6) is 0.390. The van der Waals surface area contributed by atoms with E-state index in [-0.39, 0.29) is 10.9 Å². The highest BCUT2D eigenvalue weighted by Crippen LogP contribution is 2.36. The lowest BCUT2D eigenvalue weighted by molar-refractivity contribution is 0.0961. The highest BCUT2D eigenvalue weighted by atomic mass is 35.5. The Balaban J connectivity index is 2.44. The fraction of sp³-hybridized carbons (Fsp3) is 0.0714. The van der Waals surface area contributed by atoms with Gasteiger partial charge in [-0.15, -0.1) is 0 Å². The third-order valence-electron chi connectivity index (χ3n) is 2.61. The summed E-state index contributed by atoms with van der Waals surface area (Å²) in [6, 6.07) is 9.77. The zero-order chi connectivity index (χ0) is 14.7. The standard InChI is InChI=1S/C14H12Cl2N2O2/c1-18-14(19)9-6-5-8(17)7-12(9)20-11-4-2-3-10(15)13(11)16/h2-7H,17H2,1H3,(H,18,19). The van der Waals surface area contributed by atoms with E-state index < -0.39 is 0 Å². The Bertz CT molecular complexity index is 660. The molecule has 2 aromatic carbocycles. The smallest absolute Gasteiger partial charge is 0.254 e. The molecule has 0 unspecified atom stereocenters. The number of ether oxygens (including phenoxy) is 1. The van der Waals surface area contributed by atoms with Gasteiger partial charge in [-0.1, -0.05) is 29.3 Å². The second kappa shape index (κ2) is 6.03. The van der Waals surface area contributed by atoms with Crippen LogP contribution in [0.4, 0.5) is 5.69 Å². The third kappa shape index (κ3) is 2.98. The fourth-order valence-corrected chi connectivity index (χ4v) is 1.96. The lowest BCUT2D eigenvalue weighted by atomic mass is 10.1. The molecule has 0 heterocycles. The zero-order valence-electron chi connectivity index (χ0n) is 10.6. The van der Waals surface area contributed by atoms with Crippen LogP contribution in [0.3, 0.4) is 0 Å². The van der Waals surface area contributed by atoms with Crippen molar-refractivity contribution in [3.63, 3.8) is 0 Å². The number of nitrogens with one attached hydrogen (secondary N) is 1. The molecule has 4 nitrogen and oxygen atoms in total. The number of halogens is 2. The molecule has 0 aliphatic carbocycles. The lowest BCUT2D eigenvalue weighted by Gasteiger charge is -2.12. The maximum Gasteiger partial charge on any atom is 0.254 e. The maximum absolute atomic E-state index is 11.8. The molecule has 2 aromatic rings. The van der Waals surface area contributed by atoms with Crippen LogP contribution in [-0.4, -0.2) is 13.0 Å². The van der Waals surface area contributed by atoms with Gasteiger partial charge in [0.2, 0.25) is 0 Å². The summed E-state index contributed by atoms with van der Waals surface area (Å²) in [7, 11) is 1.54. The van der Waals surface area contributed by atoms with Crippen LogP contribution in [0, 0.1) is 0 Å². The van der Waals surface area contributed by atoms with Crippen LogP contribution in [0.2, 0.25) is 10.0 Å². The summed E-state index contributed by atoms with van der Waals surface area (Å²) < 4.78 is 5.67. The van der Waals surface area contributed by atoms with E-state index in [4.69, 9.17) is 33.7 Å². The summed E-state index contributed by atoms with van der Waals surface area (Å²) >= 11 is 12.0. The number of anilines is 1. The molecule has 104 valence electrons. The Morgan fingerprint density at radius 3 is 2.65 bits per heavy atom. The van der Waals surface area contributed by atoms with Crippen LogP contribution in [0.25, 0.3) is 0 Å². The first-order valence-corrected chi connectivity index (χ1v) is 6.52. The van der Waals surface area contributed by atoms with Gasteiger partial charge in [0.15, 0.2) is 0 Å². The van der Waals surface area contributed by atoms with Crippen molar-refractivity contribution in [2.45, 2.75) is 0 Å². The molecule has 0 saturated carbocycles. The van der Waals surface area contributed by atoms with Crippen molar-refractivity contribution < 1.29 is 9.53 Å². The number of nitrogen functional groups attached to an aromatic ring is 1. The molecule has 0 aliphatic rings. The van der Waals surface area contributed by atoms with Crippen molar-refractivity contribution in [2.75, 3.05) is 12.8 Å². The number of rotatable bonds is 3. The molecule has 3 N–H and O–H groups in total. The molecule has 1 amide bonds. The van der Waals surface area contributed by atoms with E-state index in [1.165, 1.54) is 7.05 Å². The van der Waals surface area contributed by atoms with Gasteiger partial charge in [-0.3, -0.25) is 4.79 Å². The third-order valence-corrected chi connectivity index (χ3v) is 3.41. The number of amides is 1. The van der Waals surface area contributed by atoms with Crippen molar-refractivity contribution in [3.8, 4) is 11.5 Å². The fourth-order valence-electron chi connectivity index (χ4n) is 1.63. The summed E-state index contributed by atoms with van der Waals surface area (Å²) in [5.41, 5.74) is 6.56. The van der Waals surface area contributed by atoms with Crippen molar-refractivity contribution in [3.05, 3.63) is 52.0 Å². The Kier molecular flexibility index (Phi) is 4.37. The van der Waals surface area contributed by atoms with Crippen molar-refractivity contribution >= 4 is 34.8 Å². The average molecular weight is 311 g/mol. The summed E-state index contributed by atoms with van der Waals surface area (Å²) in [4.78, 5) is 11.8. The molecule has 0 aromatic heterocycles. The SMILES string of the molecule is CNC(=O)c1ccc(N)cc1Oc1cccc(Cl)c1Cl. The van der Waals surface area contributed by atoms with Gasteiger partial charge in [0.1, 0.15) is 16.5 Å². The zero-order valence-corrected chi connectivity index (χ0v) is 12.1. The highest BCUT2D eigenvalue weighted by Gasteiger charge is 2.14. The van der Waals surface area contributed by atoms with Gasteiger partial charge in [-0.05, 0) is 24.3 Å². The van der Waals surface area contributed by atoms with Gasteiger partial charge >= 0.3 is 0 Å². The largest absolute Gasteiger partial charge is 0.455 e. The first kappa shape index (κ1) is 14.5. The van der Waals surface area contributed by atoms with Gasteiger partial charge < -0.3 is 15.8 Å². The monoisotopic (exact) mass is 310 g/mol. The molecule has 0 spiro atoms. The van der Waals surface area contributed by atoms with Crippen LogP contribution in [0.15, 0.2) is 36.4 Å². The van der Waals surface area contributed by atoms with Crippen LogP contribution < -0.4 is 15.8 Å². The van der Waals surface area contributed by atoms with Crippen molar-refractivity contribution in [1.29, 1.82) is 0 Å². The molecule has 0 radical (unpaired) electrons. The van der Waals surface area contributed by atoms with Crippen molar-refractivity contribution in [1.82, 2.24) is 5.32 Å². The van der Waals surface area contributed by atoms with E-state index >= 15 is 0 Å². The lowest BCUT2D eigenvalue weighted by Crippen LogP contribution is -2.18. The van der Waals surface area contributed by atoms with Gasteiger partial charge in [0.05, 0.1) is 10.6 Å². The Morgan fingerprint density at radius 2 is 1.95 bits per heavy atom. The molecule has 2 rings (SSSR count). The minimum atomic E-state index is -0.279. The molecule has 6 heteroatoms. The summed E-state index contributed by atoms with van der Waals surface area (Å²) in [5, 5.41) is 3.18. The molecule has 0 fully saturated rings. The van der Waals surface area contributed by atoms with Crippen LogP contribution >= 0.6 is 23.2 Å². The minimum absolute atomic E-state index is 0.277.